The van der Waals surface area contributed by atoms with Crippen molar-refractivity contribution in [1.29, 1.82) is 0 Å². The lowest BCUT2D eigenvalue weighted by Gasteiger charge is -2.61. The van der Waals surface area contributed by atoms with Gasteiger partial charge in [0.05, 0.1) is 0 Å². The second-order valence-corrected chi connectivity index (χ2v) is 10.5. The first-order valence-corrected chi connectivity index (χ1v) is 13.9. The van der Waals surface area contributed by atoms with Gasteiger partial charge in [-0.05, 0) is 49.4 Å². The van der Waals surface area contributed by atoms with Gasteiger partial charge in [-0.1, -0.05) is 126 Å². The van der Waals surface area contributed by atoms with E-state index in [0.717, 1.165) is 0 Å². The van der Waals surface area contributed by atoms with Crippen LogP contribution in [0.4, 0.5) is 0 Å². The third-order valence-electron chi connectivity index (χ3n) is 8.34. The molecule has 0 spiro atoms. The fourth-order valence-corrected chi connectivity index (χ4v) is 6.32. The van der Waals surface area contributed by atoms with Crippen LogP contribution in [0.5, 0.6) is 0 Å². The van der Waals surface area contributed by atoms with Crippen molar-refractivity contribution in [2.45, 2.75) is 170 Å². The molecule has 0 saturated carbocycles. The first-order valence-electron chi connectivity index (χ1n) is 13.9. The standard InChI is InChI=1S/C28H60N2.2H2O/c1-8-14-20-26(7,21-15-9-2)27(22-16-10-3,23-17-11-4)28(30-29,24-18-12-5)25-19-13-6;;/h30H,8-25,29H2,1-7H3;2*1H2. The smallest absolute Gasteiger partial charge is 0.0382 e. The van der Waals surface area contributed by atoms with Gasteiger partial charge in [0, 0.05) is 5.54 Å². The Bertz CT molecular complexity index is 377. The zero-order chi connectivity index (χ0) is 22.9. The van der Waals surface area contributed by atoms with Gasteiger partial charge in [0.1, 0.15) is 0 Å². The van der Waals surface area contributed by atoms with E-state index >= 15 is 0 Å². The summed E-state index contributed by atoms with van der Waals surface area (Å²) < 4.78 is 0. The van der Waals surface area contributed by atoms with Crippen LogP contribution >= 0.6 is 0 Å². The minimum Gasteiger partial charge on any atom is -0.412 e. The summed E-state index contributed by atoms with van der Waals surface area (Å²) in [6.45, 7) is 16.8. The number of hydrazine groups is 1. The second kappa shape index (κ2) is 20.2. The molecule has 7 N–H and O–H groups in total. The Morgan fingerprint density at radius 2 is 0.781 bits per heavy atom. The van der Waals surface area contributed by atoms with E-state index in [4.69, 9.17) is 5.84 Å². The van der Waals surface area contributed by atoms with Crippen molar-refractivity contribution >= 4 is 0 Å². The van der Waals surface area contributed by atoms with Crippen molar-refractivity contribution in [3.63, 3.8) is 0 Å². The Labute approximate surface area is 202 Å². The quantitative estimate of drug-likeness (QED) is 0.135. The summed E-state index contributed by atoms with van der Waals surface area (Å²) in [5.41, 5.74) is 4.32. The normalized spacial score (nSPS) is 12.4. The minimum atomic E-state index is 0. The van der Waals surface area contributed by atoms with Crippen LogP contribution in [0.25, 0.3) is 0 Å². The maximum absolute atomic E-state index is 6.62. The van der Waals surface area contributed by atoms with Gasteiger partial charge >= 0.3 is 0 Å². The van der Waals surface area contributed by atoms with Gasteiger partial charge in [-0.2, -0.15) is 0 Å². The van der Waals surface area contributed by atoms with E-state index in [1.807, 2.05) is 0 Å². The molecule has 4 nitrogen and oxygen atoms in total. The lowest BCUT2D eigenvalue weighted by Crippen LogP contribution is -2.66. The topological polar surface area (TPSA) is 101 Å². The van der Waals surface area contributed by atoms with E-state index in [0.29, 0.717) is 5.41 Å². The van der Waals surface area contributed by atoms with Crippen LogP contribution in [0.15, 0.2) is 0 Å². The molecular formula is C28H64N2O2. The van der Waals surface area contributed by atoms with Crippen molar-refractivity contribution in [3.8, 4) is 0 Å². The zero-order valence-corrected chi connectivity index (χ0v) is 23.3. The molecule has 0 atom stereocenters. The number of rotatable bonds is 21. The summed E-state index contributed by atoms with van der Waals surface area (Å²) in [7, 11) is 0. The number of hydrogen-bond acceptors (Lipinski definition) is 2. The number of hydrogen-bond donors (Lipinski definition) is 2. The second-order valence-electron chi connectivity index (χ2n) is 10.5. The molecule has 0 unspecified atom stereocenters. The lowest BCUT2D eigenvalue weighted by molar-refractivity contribution is -0.0890. The van der Waals surface area contributed by atoms with Crippen LogP contribution in [0.3, 0.4) is 0 Å². The SMILES string of the molecule is CCCCC(C)(CCCC)C(CCCC)(CCCC)C(CCCC)(CCCC)NN.O.O. The van der Waals surface area contributed by atoms with E-state index in [1.54, 1.807) is 0 Å². The van der Waals surface area contributed by atoms with E-state index in [9.17, 15) is 0 Å². The Hall–Kier alpha value is -0.160. The highest BCUT2D eigenvalue weighted by molar-refractivity contribution is 5.11. The van der Waals surface area contributed by atoms with E-state index in [-0.39, 0.29) is 21.9 Å². The highest BCUT2D eigenvalue weighted by atomic mass is 16.0. The predicted octanol–water partition coefficient (Wildman–Crippen LogP) is 7.67. The molecular weight excluding hydrogens is 396 g/mol. The molecule has 4 heteroatoms. The van der Waals surface area contributed by atoms with Crippen molar-refractivity contribution in [2.24, 2.45) is 16.7 Å². The lowest BCUT2D eigenvalue weighted by atomic mass is 9.46. The third-order valence-corrected chi connectivity index (χ3v) is 8.34. The van der Waals surface area contributed by atoms with E-state index < -0.39 is 0 Å². The van der Waals surface area contributed by atoms with Crippen molar-refractivity contribution in [3.05, 3.63) is 0 Å². The van der Waals surface area contributed by atoms with Gasteiger partial charge in [-0.15, -0.1) is 0 Å². The zero-order valence-electron chi connectivity index (χ0n) is 23.3. The summed E-state index contributed by atoms with van der Waals surface area (Å²) in [6, 6.07) is 0. The Kier molecular flexibility index (Phi) is 23.0. The average molecular weight is 461 g/mol. The van der Waals surface area contributed by atoms with Crippen molar-refractivity contribution in [2.75, 3.05) is 0 Å². The minimum absolute atomic E-state index is 0. The summed E-state index contributed by atoms with van der Waals surface area (Å²) in [6.07, 6.45) is 23.5. The summed E-state index contributed by atoms with van der Waals surface area (Å²) in [5.74, 6) is 6.62. The maximum atomic E-state index is 6.62. The third kappa shape index (κ3) is 9.60. The summed E-state index contributed by atoms with van der Waals surface area (Å²) in [5, 5.41) is 0. The molecule has 0 aromatic heterocycles. The van der Waals surface area contributed by atoms with E-state index in [1.165, 1.54) is 116 Å². The van der Waals surface area contributed by atoms with Crippen molar-refractivity contribution < 1.29 is 11.0 Å². The molecule has 0 amide bonds. The molecule has 198 valence electrons. The molecule has 0 bridgehead atoms. The number of nitrogens with one attached hydrogen (secondary N) is 1. The molecule has 0 aromatic carbocycles. The van der Waals surface area contributed by atoms with Gasteiger partial charge in [0.25, 0.3) is 0 Å². The molecule has 0 rings (SSSR count). The van der Waals surface area contributed by atoms with Crippen LogP contribution in [0.2, 0.25) is 0 Å². The summed E-state index contributed by atoms with van der Waals surface area (Å²) in [4.78, 5) is 0. The monoisotopic (exact) mass is 460 g/mol. The molecule has 0 radical (unpaired) electrons. The molecule has 0 heterocycles. The average Bonchev–Trinajstić information content (AvgIpc) is 2.77. The van der Waals surface area contributed by atoms with Crippen molar-refractivity contribution in [1.82, 2.24) is 5.43 Å². The van der Waals surface area contributed by atoms with E-state index in [2.05, 4.69) is 53.9 Å². The molecule has 32 heavy (non-hydrogen) atoms. The largest absolute Gasteiger partial charge is 0.412 e. The van der Waals surface area contributed by atoms with Crippen LogP contribution < -0.4 is 11.3 Å². The Balaban J connectivity index is -0.00000420. The molecule has 0 fully saturated rings. The fraction of sp³-hybridized carbons (Fsp3) is 1.00. The van der Waals surface area contributed by atoms with Gasteiger partial charge in [0.15, 0.2) is 0 Å². The molecule has 0 aliphatic heterocycles. The molecule has 0 saturated heterocycles. The predicted molar refractivity (Wildman–Crippen MR) is 145 cm³/mol. The number of unbranched alkanes of at least 4 members (excludes halogenated alkanes) is 6. The highest BCUT2D eigenvalue weighted by Gasteiger charge is 2.57. The Morgan fingerprint density at radius 3 is 1.06 bits per heavy atom. The van der Waals surface area contributed by atoms with Gasteiger partial charge in [-0.3, -0.25) is 11.3 Å². The molecule has 0 aliphatic carbocycles. The summed E-state index contributed by atoms with van der Waals surface area (Å²) >= 11 is 0. The molecule has 0 aromatic rings. The highest BCUT2D eigenvalue weighted by Crippen LogP contribution is 2.61. The van der Waals surface area contributed by atoms with Crippen LogP contribution in [0.1, 0.15) is 164 Å². The Morgan fingerprint density at radius 1 is 0.500 bits per heavy atom. The van der Waals surface area contributed by atoms with Crippen LogP contribution in [-0.2, 0) is 0 Å². The van der Waals surface area contributed by atoms with Crippen LogP contribution in [-0.4, -0.2) is 16.5 Å². The number of nitrogens with two attached hydrogens (primary N) is 1. The first-order chi connectivity index (χ1) is 14.4. The van der Waals surface area contributed by atoms with Crippen LogP contribution in [0, 0.1) is 10.8 Å². The van der Waals surface area contributed by atoms with Gasteiger partial charge in [-0.25, -0.2) is 0 Å². The van der Waals surface area contributed by atoms with Gasteiger partial charge < -0.3 is 11.0 Å². The fourth-order valence-electron chi connectivity index (χ4n) is 6.32. The molecule has 0 aliphatic rings. The van der Waals surface area contributed by atoms with Gasteiger partial charge in [0.2, 0.25) is 0 Å². The first kappa shape index (κ1) is 36.4. The maximum Gasteiger partial charge on any atom is 0.0382 e.